The maximum Gasteiger partial charge on any atom is 0.220 e. The molecular formula is C25H29N3O. The number of carbonyl (C=O) groups is 1. The number of hydrogen-bond acceptors (Lipinski definition) is 2. The van der Waals surface area contributed by atoms with E-state index in [0.29, 0.717) is 18.9 Å². The molecule has 1 aliphatic rings. The lowest BCUT2D eigenvalue weighted by Gasteiger charge is -2.20. The molecule has 1 heterocycles. The Hall–Kier alpha value is -3.01. The lowest BCUT2D eigenvalue weighted by molar-refractivity contribution is -0.121. The molecule has 0 bridgehead atoms. The maximum absolute atomic E-state index is 12.6. The van der Waals surface area contributed by atoms with E-state index in [-0.39, 0.29) is 11.8 Å². The number of hydrogen-bond donors (Lipinski definition) is 2. The van der Waals surface area contributed by atoms with Crippen LogP contribution in [0.4, 0.5) is 5.69 Å². The normalized spacial score (nSPS) is 16.8. The number of rotatable bonds is 7. The first-order valence-electron chi connectivity index (χ1n) is 10.4. The molecule has 1 aromatic heterocycles. The number of para-hydroxylation sites is 1. The van der Waals surface area contributed by atoms with Gasteiger partial charge in [0, 0.05) is 55.8 Å². The van der Waals surface area contributed by atoms with E-state index in [1.165, 1.54) is 22.2 Å². The Kier molecular flexibility index (Phi) is 5.70. The first-order chi connectivity index (χ1) is 14.1. The van der Waals surface area contributed by atoms with Gasteiger partial charge < -0.3 is 15.2 Å². The minimum Gasteiger partial charge on any atom is -0.378 e. The zero-order valence-electron chi connectivity index (χ0n) is 17.2. The van der Waals surface area contributed by atoms with Gasteiger partial charge in [-0.2, -0.15) is 0 Å². The Morgan fingerprint density at radius 1 is 1.17 bits per heavy atom. The molecule has 4 nitrogen and oxygen atoms in total. The highest BCUT2D eigenvalue weighted by atomic mass is 16.1. The highest BCUT2D eigenvalue weighted by Gasteiger charge is 2.20. The molecule has 2 atom stereocenters. The van der Waals surface area contributed by atoms with Gasteiger partial charge >= 0.3 is 0 Å². The van der Waals surface area contributed by atoms with Crippen molar-refractivity contribution in [3.8, 4) is 0 Å². The molecule has 29 heavy (non-hydrogen) atoms. The van der Waals surface area contributed by atoms with E-state index in [1.807, 2.05) is 20.2 Å². The van der Waals surface area contributed by atoms with E-state index in [1.54, 1.807) is 0 Å². The molecule has 0 spiro atoms. The molecule has 4 rings (SSSR count). The van der Waals surface area contributed by atoms with Crippen LogP contribution < -0.4 is 10.2 Å². The number of allylic oxidation sites excluding steroid dienone is 2. The molecule has 2 unspecified atom stereocenters. The lowest BCUT2D eigenvalue weighted by atomic mass is 9.90. The van der Waals surface area contributed by atoms with Gasteiger partial charge in [0.05, 0.1) is 0 Å². The number of fused-ring (bicyclic) bond motifs is 1. The highest BCUT2D eigenvalue weighted by Crippen LogP contribution is 2.31. The van der Waals surface area contributed by atoms with Crippen LogP contribution in [-0.2, 0) is 4.79 Å². The fraction of sp³-hybridized carbons (Fsp3) is 0.320. The van der Waals surface area contributed by atoms with Crippen molar-refractivity contribution in [3.63, 3.8) is 0 Å². The van der Waals surface area contributed by atoms with Gasteiger partial charge in [0.2, 0.25) is 5.91 Å². The van der Waals surface area contributed by atoms with Gasteiger partial charge in [-0.3, -0.25) is 4.79 Å². The summed E-state index contributed by atoms with van der Waals surface area (Å²) in [5.74, 6) is 0.627. The Labute approximate surface area is 172 Å². The lowest BCUT2D eigenvalue weighted by Crippen LogP contribution is -2.29. The molecule has 4 heteroatoms. The maximum atomic E-state index is 12.6. The molecule has 2 aromatic carbocycles. The van der Waals surface area contributed by atoms with E-state index < -0.39 is 0 Å². The van der Waals surface area contributed by atoms with Crippen LogP contribution in [0.25, 0.3) is 10.9 Å². The van der Waals surface area contributed by atoms with Crippen LogP contribution in [0.5, 0.6) is 0 Å². The van der Waals surface area contributed by atoms with E-state index in [2.05, 4.69) is 76.0 Å². The number of aromatic nitrogens is 1. The molecule has 0 saturated carbocycles. The van der Waals surface area contributed by atoms with Gasteiger partial charge in [0.1, 0.15) is 0 Å². The van der Waals surface area contributed by atoms with Gasteiger partial charge in [-0.25, -0.2) is 0 Å². The van der Waals surface area contributed by atoms with E-state index in [4.69, 9.17) is 0 Å². The first-order valence-corrected chi connectivity index (χ1v) is 10.4. The summed E-state index contributed by atoms with van der Waals surface area (Å²) in [6, 6.07) is 17.0. The Morgan fingerprint density at radius 3 is 2.69 bits per heavy atom. The summed E-state index contributed by atoms with van der Waals surface area (Å²) in [6.07, 6.45) is 9.20. The molecule has 150 valence electrons. The first kappa shape index (κ1) is 19.3. The monoisotopic (exact) mass is 387 g/mol. The number of aromatic amines is 1. The number of carbonyl (C=O) groups excluding carboxylic acids is 1. The van der Waals surface area contributed by atoms with Crippen molar-refractivity contribution in [3.05, 3.63) is 78.0 Å². The second kappa shape index (κ2) is 8.56. The van der Waals surface area contributed by atoms with Crippen LogP contribution in [0.3, 0.4) is 0 Å². The van der Waals surface area contributed by atoms with Crippen molar-refractivity contribution in [1.29, 1.82) is 0 Å². The minimum absolute atomic E-state index is 0.102. The third-order valence-electron chi connectivity index (χ3n) is 5.87. The summed E-state index contributed by atoms with van der Waals surface area (Å²) in [4.78, 5) is 18.0. The average Bonchev–Trinajstić information content (AvgIpc) is 3.39. The van der Waals surface area contributed by atoms with Gasteiger partial charge in [0.15, 0.2) is 0 Å². The molecule has 0 radical (unpaired) electrons. The second-order valence-electron chi connectivity index (χ2n) is 8.10. The van der Waals surface area contributed by atoms with Gasteiger partial charge in [-0.15, -0.1) is 0 Å². The summed E-state index contributed by atoms with van der Waals surface area (Å²) < 4.78 is 0. The van der Waals surface area contributed by atoms with Crippen molar-refractivity contribution in [1.82, 2.24) is 10.3 Å². The molecule has 1 amide bonds. The van der Waals surface area contributed by atoms with Crippen LogP contribution in [0.15, 0.2) is 66.9 Å². The Balaban J connectivity index is 1.58. The summed E-state index contributed by atoms with van der Waals surface area (Å²) in [5, 5.41) is 4.41. The average molecular weight is 388 g/mol. The van der Waals surface area contributed by atoms with Gasteiger partial charge in [-0.1, -0.05) is 42.5 Å². The summed E-state index contributed by atoms with van der Waals surface area (Å²) in [7, 11) is 4.09. The number of H-pyrrole nitrogens is 1. The van der Waals surface area contributed by atoms with Gasteiger partial charge in [0.25, 0.3) is 0 Å². The third kappa shape index (κ3) is 4.37. The van der Waals surface area contributed by atoms with Crippen molar-refractivity contribution in [2.75, 3.05) is 25.5 Å². The molecule has 3 aromatic rings. The van der Waals surface area contributed by atoms with Crippen molar-refractivity contribution in [2.45, 2.75) is 25.2 Å². The fourth-order valence-electron chi connectivity index (χ4n) is 4.19. The number of anilines is 1. The zero-order valence-corrected chi connectivity index (χ0v) is 17.2. The number of nitrogens with one attached hydrogen (secondary N) is 2. The third-order valence-corrected chi connectivity index (χ3v) is 5.87. The molecule has 0 aliphatic heterocycles. The molecular weight excluding hydrogens is 358 g/mol. The minimum atomic E-state index is 0.102. The van der Waals surface area contributed by atoms with Crippen molar-refractivity contribution in [2.24, 2.45) is 5.92 Å². The Morgan fingerprint density at radius 2 is 1.97 bits per heavy atom. The Bertz CT molecular complexity index is 1000. The molecule has 0 fully saturated rings. The van der Waals surface area contributed by atoms with Crippen LogP contribution in [-0.4, -0.2) is 31.5 Å². The largest absolute Gasteiger partial charge is 0.378 e. The predicted octanol–water partition coefficient (Wildman–Crippen LogP) is 4.84. The molecule has 1 aliphatic carbocycles. The number of nitrogens with zero attached hydrogens (tertiary/aromatic N) is 1. The van der Waals surface area contributed by atoms with Gasteiger partial charge in [-0.05, 0) is 48.1 Å². The van der Waals surface area contributed by atoms with Crippen LogP contribution in [0.1, 0.15) is 36.3 Å². The molecule has 2 N–H and O–H groups in total. The summed E-state index contributed by atoms with van der Waals surface area (Å²) in [5.41, 5.74) is 4.73. The standard InChI is InChI=1S/C25H29N3O/c1-28(2)20-13-11-19(12-14-20)22(16-27-25(29)15-18-7-3-4-8-18)23-17-26-24-10-6-5-9-21(23)24/h3,5-7,9-14,17-18,22,26H,4,8,15-16H2,1-2H3,(H,27,29). The van der Waals surface area contributed by atoms with Crippen LogP contribution in [0.2, 0.25) is 0 Å². The summed E-state index contributed by atoms with van der Waals surface area (Å²) >= 11 is 0. The SMILES string of the molecule is CN(C)c1ccc(C(CNC(=O)CC2C=CCC2)c2c[nH]c3ccccc23)cc1. The van der Waals surface area contributed by atoms with Crippen molar-refractivity contribution >= 4 is 22.5 Å². The number of amides is 1. The highest BCUT2D eigenvalue weighted by molar-refractivity contribution is 5.84. The predicted molar refractivity (Wildman–Crippen MR) is 120 cm³/mol. The number of benzene rings is 2. The van der Waals surface area contributed by atoms with Crippen molar-refractivity contribution < 1.29 is 4.79 Å². The molecule has 0 saturated heterocycles. The topological polar surface area (TPSA) is 48.1 Å². The summed E-state index contributed by atoms with van der Waals surface area (Å²) in [6.45, 7) is 0.596. The van der Waals surface area contributed by atoms with E-state index >= 15 is 0 Å². The van der Waals surface area contributed by atoms with E-state index in [0.717, 1.165) is 18.4 Å². The zero-order chi connectivity index (χ0) is 20.2. The van der Waals surface area contributed by atoms with Crippen LogP contribution >= 0.6 is 0 Å². The fourth-order valence-corrected chi connectivity index (χ4v) is 4.19. The van der Waals surface area contributed by atoms with E-state index in [9.17, 15) is 4.79 Å². The quantitative estimate of drug-likeness (QED) is 0.570. The van der Waals surface area contributed by atoms with Crippen LogP contribution in [0, 0.1) is 5.92 Å². The second-order valence-corrected chi connectivity index (χ2v) is 8.10. The smallest absolute Gasteiger partial charge is 0.220 e.